The number of hydrogen-bond donors (Lipinski definition) is 1. The first kappa shape index (κ1) is 16.0. The van der Waals surface area contributed by atoms with E-state index >= 15 is 0 Å². The fourth-order valence-corrected chi connectivity index (χ4v) is 3.95. The van der Waals surface area contributed by atoms with Gasteiger partial charge in [0, 0.05) is 12.6 Å². The molecule has 3 heteroatoms. The van der Waals surface area contributed by atoms with Gasteiger partial charge in [0.2, 0.25) is 0 Å². The average Bonchev–Trinajstić information content (AvgIpc) is 3.24. The van der Waals surface area contributed by atoms with Gasteiger partial charge in [-0.1, -0.05) is 30.3 Å². The fourth-order valence-electron chi connectivity index (χ4n) is 3.95. The number of nitrogens with zero attached hydrogens (tertiary/aromatic N) is 2. The Morgan fingerprint density at radius 3 is 2.23 bits per heavy atom. The van der Waals surface area contributed by atoms with E-state index in [1.54, 1.807) is 0 Å². The van der Waals surface area contributed by atoms with Gasteiger partial charge in [0.1, 0.15) is 0 Å². The first-order valence-electron chi connectivity index (χ1n) is 9.01. The van der Waals surface area contributed by atoms with Crippen LogP contribution in [0.1, 0.15) is 37.7 Å². The lowest BCUT2D eigenvalue weighted by molar-refractivity contribution is 0.0492. The summed E-state index contributed by atoms with van der Waals surface area (Å²) in [5.41, 5.74) is 1.35. The smallest absolute Gasteiger partial charge is 0.0710 e. The van der Waals surface area contributed by atoms with E-state index in [0.29, 0.717) is 0 Å². The van der Waals surface area contributed by atoms with Crippen LogP contribution in [0, 0.1) is 0 Å². The molecule has 3 nitrogen and oxygen atoms in total. The molecular formula is C19H30N2O. The van der Waals surface area contributed by atoms with E-state index in [4.69, 9.17) is 0 Å². The van der Waals surface area contributed by atoms with Crippen molar-refractivity contribution in [1.29, 1.82) is 0 Å². The lowest BCUT2D eigenvalue weighted by Crippen LogP contribution is -2.44. The molecule has 3 rings (SSSR count). The molecule has 22 heavy (non-hydrogen) atoms. The van der Waals surface area contributed by atoms with E-state index in [1.807, 2.05) is 0 Å². The van der Waals surface area contributed by atoms with Crippen LogP contribution in [0.25, 0.3) is 0 Å². The zero-order chi connectivity index (χ0) is 15.2. The summed E-state index contributed by atoms with van der Waals surface area (Å²) in [4.78, 5) is 5.02. The maximum atomic E-state index is 10.8. The number of likely N-dealkylation sites (tertiary alicyclic amines) is 2. The van der Waals surface area contributed by atoms with Crippen LogP contribution in [-0.2, 0) is 6.42 Å². The largest absolute Gasteiger partial charge is 0.391 e. The summed E-state index contributed by atoms with van der Waals surface area (Å²) < 4.78 is 0. The van der Waals surface area contributed by atoms with Crippen molar-refractivity contribution in [3.8, 4) is 0 Å². The fraction of sp³-hybridized carbons (Fsp3) is 0.684. The SMILES string of the molecule is OC(CCN1CCCC1)C(Cc1ccccc1)N1CCCC1. The first-order valence-corrected chi connectivity index (χ1v) is 9.01. The van der Waals surface area contributed by atoms with Gasteiger partial charge in [-0.25, -0.2) is 0 Å². The summed E-state index contributed by atoms with van der Waals surface area (Å²) in [7, 11) is 0. The highest BCUT2D eigenvalue weighted by molar-refractivity contribution is 5.16. The van der Waals surface area contributed by atoms with Crippen molar-refractivity contribution in [3.63, 3.8) is 0 Å². The van der Waals surface area contributed by atoms with E-state index in [0.717, 1.165) is 32.5 Å². The molecular weight excluding hydrogens is 272 g/mol. The lowest BCUT2D eigenvalue weighted by atomic mass is 9.97. The summed E-state index contributed by atoms with van der Waals surface area (Å²) >= 11 is 0. The molecule has 2 fully saturated rings. The first-order chi connectivity index (χ1) is 10.8. The Kier molecular flexibility index (Phi) is 5.88. The van der Waals surface area contributed by atoms with Crippen molar-refractivity contribution >= 4 is 0 Å². The topological polar surface area (TPSA) is 26.7 Å². The van der Waals surface area contributed by atoms with Crippen LogP contribution >= 0.6 is 0 Å². The van der Waals surface area contributed by atoms with Crippen LogP contribution in [0.3, 0.4) is 0 Å². The Hall–Kier alpha value is -0.900. The van der Waals surface area contributed by atoms with Crippen molar-refractivity contribution in [2.75, 3.05) is 32.7 Å². The van der Waals surface area contributed by atoms with Crippen molar-refractivity contribution in [2.45, 2.75) is 50.7 Å². The molecule has 0 saturated carbocycles. The normalized spacial score (nSPS) is 23.0. The third-order valence-electron chi connectivity index (χ3n) is 5.28. The Balaban J connectivity index is 1.59. The molecule has 1 N–H and O–H groups in total. The molecule has 0 aliphatic carbocycles. The molecule has 0 bridgehead atoms. The minimum atomic E-state index is -0.209. The summed E-state index contributed by atoms with van der Waals surface area (Å²) in [6, 6.07) is 10.9. The van der Waals surface area contributed by atoms with Crippen LogP contribution in [0.2, 0.25) is 0 Å². The molecule has 0 radical (unpaired) electrons. The van der Waals surface area contributed by atoms with Crippen LogP contribution < -0.4 is 0 Å². The summed E-state index contributed by atoms with van der Waals surface area (Å²) in [6.07, 6.45) is 6.90. The van der Waals surface area contributed by atoms with Gasteiger partial charge in [-0.15, -0.1) is 0 Å². The highest BCUT2D eigenvalue weighted by Gasteiger charge is 2.28. The number of benzene rings is 1. The quantitative estimate of drug-likeness (QED) is 0.838. The zero-order valence-corrected chi connectivity index (χ0v) is 13.7. The predicted octanol–water partition coefficient (Wildman–Crippen LogP) is 2.54. The Morgan fingerprint density at radius 1 is 0.909 bits per heavy atom. The zero-order valence-electron chi connectivity index (χ0n) is 13.7. The van der Waals surface area contributed by atoms with Crippen LogP contribution in [0.5, 0.6) is 0 Å². The Labute approximate surface area is 134 Å². The van der Waals surface area contributed by atoms with E-state index in [9.17, 15) is 5.11 Å². The molecule has 0 aromatic heterocycles. The molecule has 2 aliphatic heterocycles. The lowest BCUT2D eigenvalue weighted by Gasteiger charge is -2.32. The van der Waals surface area contributed by atoms with Crippen molar-refractivity contribution in [2.24, 2.45) is 0 Å². The molecule has 0 amide bonds. The predicted molar refractivity (Wildman–Crippen MR) is 91.0 cm³/mol. The molecule has 122 valence electrons. The molecule has 2 aliphatic rings. The van der Waals surface area contributed by atoms with E-state index < -0.39 is 0 Å². The van der Waals surface area contributed by atoms with Crippen LogP contribution in [0.4, 0.5) is 0 Å². The minimum Gasteiger partial charge on any atom is -0.391 e. The molecule has 2 saturated heterocycles. The van der Waals surface area contributed by atoms with E-state index in [1.165, 1.54) is 44.3 Å². The maximum absolute atomic E-state index is 10.8. The summed E-state index contributed by atoms with van der Waals surface area (Å²) in [5.74, 6) is 0. The number of aliphatic hydroxyl groups excluding tert-OH is 1. The average molecular weight is 302 g/mol. The molecule has 0 spiro atoms. The van der Waals surface area contributed by atoms with E-state index in [-0.39, 0.29) is 12.1 Å². The van der Waals surface area contributed by atoms with Crippen molar-refractivity contribution in [3.05, 3.63) is 35.9 Å². The summed E-state index contributed by atoms with van der Waals surface area (Å²) in [5, 5.41) is 10.8. The monoisotopic (exact) mass is 302 g/mol. The second kappa shape index (κ2) is 8.09. The third-order valence-corrected chi connectivity index (χ3v) is 5.28. The van der Waals surface area contributed by atoms with Crippen LogP contribution in [-0.4, -0.2) is 59.8 Å². The van der Waals surface area contributed by atoms with Gasteiger partial charge in [-0.2, -0.15) is 0 Å². The maximum Gasteiger partial charge on any atom is 0.0710 e. The Bertz CT molecular complexity index is 424. The molecule has 1 aromatic rings. The molecule has 1 aromatic carbocycles. The highest BCUT2D eigenvalue weighted by atomic mass is 16.3. The number of aliphatic hydroxyl groups is 1. The number of rotatable bonds is 7. The van der Waals surface area contributed by atoms with Gasteiger partial charge in [0.25, 0.3) is 0 Å². The molecule has 2 atom stereocenters. The Morgan fingerprint density at radius 2 is 1.55 bits per heavy atom. The van der Waals surface area contributed by atoms with Gasteiger partial charge >= 0.3 is 0 Å². The van der Waals surface area contributed by atoms with Gasteiger partial charge in [-0.3, -0.25) is 4.90 Å². The molecule has 2 heterocycles. The second-order valence-corrected chi connectivity index (χ2v) is 6.90. The van der Waals surface area contributed by atoms with Gasteiger partial charge < -0.3 is 10.0 Å². The highest BCUT2D eigenvalue weighted by Crippen LogP contribution is 2.20. The number of hydrogen-bond acceptors (Lipinski definition) is 3. The van der Waals surface area contributed by atoms with Gasteiger partial charge in [-0.05, 0) is 70.3 Å². The molecule has 2 unspecified atom stereocenters. The van der Waals surface area contributed by atoms with Gasteiger partial charge in [0.15, 0.2) is 0 Å². The van der Waals surface area contributed by atoms with Crippen LogP contribution in [0.15, 0.2) is 30.3 Å². The van der Waals surface area contributed by atoms with E-state index in [2.05, 4.69) is 40.1 Å². The standard InChI is InChI=1S/C19H30N2O/c22-19(10-15-20-11-4-5-12-20)18(21-13-6-7-14-21)16-17-8-2-1-3-9-17/h1-3,8-9,18-19,22H,4-7,10-16H2. The van der Waals surface area contributed by atoms with Crippen molar-refractivity contribution < 1.29 is 5.11 Å². The minimum absolute atomic E-state index is 0.209. The van der Waals surface area contributed by atoms with Gasteiger partial charge in [0.05, 0.1) is 6.10 Å². The van der Waals surface area contributed by atoms with Crippen molar-refractivity contribution in [1.82, 2.24) is 9.80 Å². The second-order valence-electron chi connectivity index (χ2n) is 6.90. The summed E-state index contributed by atoms with van der Waals surface area (Å²) in [6.45, 7) is 5.80. The third kappa shape index (κ3) is 4.31.